The van der Waals surface area contributed by atoms with E-state index in [1.807, 2.05) is 18.2 Å². The first-order chi connectivity index (χ1) is 14.1. The van der Waals surface area contributed by atoms with Gasteiger partial charge >= 0.3 is 0 Å². The molecule has 1 heterocycles. The second-order valence-electron chi connectivity index (χ2n) is 7.82. The number of aliphatic hydroxyl groups is 1. The first-order valence-electron chi connectivity index (χ1n) is 10.2. The van der Waals surface area contributed by atoms with E-state index in [0.717, 1.165) is 24.0 Å². The summed E-state index contributed by atoms with van der Waals surface area (Å²) in [5, 5.41) is 9.98. The van der Waals surface area contributed by atoms with Gasteiger partial charge in [0, 0.05) is 24.6 Å². The van der Waals surface area contributed by atoms with E-state index < -0.39 is 17.1 Å². The van der Waals surface area contributed by atoms with Gasteiger partial charge in [-0.05, 0) is 30.7 Å². The number of allylic oxidation sites excluding steroid dienone is 2. The van der Waals surface area contributed by atoms with Gasteiger partial charge in [0.15, 0.2) is 5.78 Å². The molecule has 0 radical (unpaired) electrons. The molecule has 0 spiro atoms. The van der Waals surface area contributed by atoms with Gasteiger partial charge in [0.05, 0.1) is 0 Å². The number of aliphatic hydroxyl groups excluding tert-OH is 1. The van der Waals surface area contributed by atoms with Gasteiger partial charge in [-0.15, -0.1) is 0 Å². The number of nitrogens with zero attached hydrogens (tertiary/aromatic N) is 1. The second kappa shape index (κ2) is 8.15. The molecule has 0 amide bonds. The van der Waals surface area contributed by atoms with Gasteiger partial charge in [0.25, 0.3) is 5.56 Å². The van der Waals surface area contributed by atoms with Gasteiger partial charge in [-0.1, -0.05) is 43.5 Å². The fraction of sp³-hybridized carbons (Fsp3) is 0.391. The van der Waals surface area contributed by atoms with Crippen LogP contribution in [0.1, 0.15) is 73.2 Å². The lowest BCUT2D eigenvalue weighted by atomic mass is 9.82. The number of aromatic nitrogens is 2. The molecular weight excluding hydrogens is 368 g/mol. The van der Waals surface area contributed by atoms with Crippen LogP contribution in [-0.4, -0.2) is 26.6 Å². The van der Waals surface area contributed by atoms with Crippen LogP contribution in [0.2, 0.25) is 0 Å². The Kier molecular flexibility index (Phi) is 5.43. The molecule has 4 rings (SSSR count). The molecule has 0 unspecified atom stereocenters. The van der Waals surface area contributed by atoms with Crippen LogP contribution in [0.4, 0.5) is 0 Å². The highest BCUT2D eigenvalue weighted by atomic mass is 16.3. The maximum absolute atomic E-state index is 12.7. The highest BCUT2D eigenvalue weighted by molar-refractivity contribution is 6.26. The highest BCUT2D eigenvalue weighted by Gasteiger charge is 2.29. The van der Waals surface area contributed by atoms with E-state index in [1.54, 1.807) is 0 Å². The largest absolute Gasteiger partial charge is 0.511 e. The molecule has 6 heteroatoms. The summed E-state index contributed by atoms with van der Waals surface area (Å²) in [4.78, 5) is 44.5. The number of aromatic amines is 1. The Hall–Kier alpha value is -3.02. The summed E-state index contributed by atoms with van der Waals surface area (Å²) in [5.74, 6) is -0.565. The van der Waals surface area contributed by atoms with E-state index in [9.17, 15) is 19.5 Å². The Bertz CT molecular complexity index is 1040. The molecule has 2 aliphatic carbocycles. The Morgan fingerprint density at radius 3 is 2.52 bits per heavy atom. The van der Waals surface area contributed by atoms with E-state index in [1.165, 1.54) is 25.5 Å². The van der Waals surface area contributed by atoms with Crippen molar-refractivity contribution in [2.75, 3.05) is 0 Å². The molecule has 2 aromatic rings. The predicted octanol–water partition coefficient (Wildman–Crippen LogP) is 4.23. The number of nitrogens with one attached hydrogen (secondary N) is 1. The van der Waals surface area contributed by atoms with E-state index in [0.29, 0.717) is 18.2 Å². The smallest absolute Gasteiger partial charge is 0.262 e. The SMILES string of the molecule is O=C1CCCC(O)=C1C(=O)c1cnc(-c2ccccc2C2CCCCC2)[nH]c1=O. The van der Waals surface area contributed by atoms with Crippen molar-refractivity contribution < 1.29 is 14.7 Å². The Morgan fingerprint density at radius 2 is 1.79 bits per heavy atom. The highest BCUT2D eigenvalue weighted by Crippen LogP contribution is 2.37. The minimum atomic E-state index is -0.756. The van der Waals surface area contributed by atoms with Crippen molar-refractivity contribution in [1.82, 2.24) is 9.97 Å². The average Bonchev–Trinajstić information content (AvgIpc) is 2.74. The summed E-state index contributed by atoms with van der Waals surface area (Å²) >= 11 is 0. The third kappa shape index (κ3) is 3.79. The van der Waals surface area contributed by atoms with Crippen molar-refractivity contribution in [2.45, 2.75) is 57.3 Å². The first-order valence-corrected chi connectivity index (χ1v) is 10.2. The number of ketones is 2. The molecular formula is C23H24N2O4. The fourth-order valence-electron chi connectivity index (χ4n) is 4.40. The van der Waals surface area contributed by atoms with Crippen molar-refractivity contribution >= 4 is 11.6 Å². The molecule has 150 valence electrons. The monoisotopic (exact) mass is 392 g/mol. The molecule has 1 fully saturated rings. The molecule has 2 N–H and O–H groups in total. The summed E-state index contributed by atoms with van der Waals surface area (Å²) in [7, 11) is 0. The number of rotatable bonds is 4. The third-order valence-corrected chi connectivity index (χ3v) is 5.92. The Labute approximate surface area is 168 Å². The van der Waals surface area contributed by atoms with Crippen LogP contribution in [0.3, 0.4) is 0 Å². The maximum Gasteiger partial charge on any atom is 0.262 e. The van der Waals surface area contributed by atoms with E-state index in [-0.39, 0.29) is 29.7 Å². The maximum atomic E-state index is 12.7. The minimum absolute atomic E-state index is 0.198. The van der Waals surface area contributed by atoms with Gasteiger partial charge in [0.2, 0.25) is 5.78 Å². The first kappa shape index (κ1) is 19.3. The summed E-state index contributed by atoms with van der Waals surface area (Å²) in [5.41, 5.74) is 0.931. The molecule has 1 aromatic heterocycles. The van der Waals surface area contributed by atoms with Crippen LogP contribution in [0, 0.1) is 0 Å². The van der Waals surface area contributed by atoms with E-state index in [4.69, 9.17) is 0 Å². The van der Waals surface area contributed by atoms with Gasteiger partial charge in [-0.3, -0.25) is 14.4 Å². The molecule has 0 saturated heterocycles. The van der Waals surface area contributed by atoms with Crippen molar-refractivity contribution in [2.24, 2.45) is 0 Å². The number of hydrogen-bond acceptors (Lipinski definition) is 5. The van der Waals surface area contributed by atoms with Crippen molar-refractivity contribution in [3.63, 3.8) is 0 Å². The van der Waals surface area contributed by atoms with Crippen LogP contribution in [0.25, 0.3) is 11.4 Å². The molecule has 1 aromatic carbocycles. The van der Waals surface area contributed by atoms with E-state index >= 15 is 0 Å². The van der Waals surface area contributed by atoms with Crippen LogP contribution in [0.5, 0.6) is 0 Å². The lowest BCUT2D eigenvalue weighted by Crippen LogP contribution is -2.26. The zero-order chi connectivity index (χ0) is 20.4. The van der Waals surface area contributed by atoms with Gasteiger partial charge < -0.3 is 10.1 Å². The number of carbonyl (C=O) groups excluding carboxylic acids is 2. The Morgan fingerprint density at radius 1 is 1.03 bits per heavy atom. The standard InChI is InChI=1S/C23H24N2O4/c26-18-11-6-12-19(27)20(18)21(28)17-13-24-22(25-23(17)29)16-10-5-4-9-15(16)14-7-2-1-3-8-14/h4-5,9-10,13-14,26H,1-3,6-8,11-12H2,(H,24,25,29). The van der Waals surface area contributed by atoms with Gasteiger partial charge in [0.1, 0.15) is 22.7 Å². The molecule has 1 saturated carbocycles. The topological polar surface area (TPSA) is 100 Å². The molecule has 0 bridgehead atoms. The fourth-order valence-corrected chi connectivity index (χ4v) is 4.40. The number of benzene rings is 1. The molecule has 29 heavy (non-hydrogen) atoms. The van der Waals surface area contributed by atoms with Crippen LogP contribution < -0.4 is 5.56 Å². The van der Waals surface area contributed by atoms with Gasteiger partial charge in [-0.2, -0.15) is 0 Å². The van der Waals surface area contributed by atoms with Crippen LogP contribution in [0.15, 0.2) is 46.6 Å². The predicted molar refractivity (Wildman–Crippen MR) is 109 cm³/mol. The number of carbonyl (C=O) groups is 2. The summed E-state index contributed by atoms with van der Waals surface area (Å²) in [6.45, 7) is 0. The number of Topliss-reactive ketones (excluding diaryl/α,β-unsaturated/α-hetero) is 2. The zero-order valence-electron chi connectivity index (χ0n) is 16.2. The minimum Gasteiger partial charge on any atom is -0.511 e. The average molecular weight is 392 g/mol. The zero-order valence-corrected chi connectivity index (χ0v) is 16.2. The molecule has 2 aliphatic rings. The van der Waals surface area contributed by atoms with Gasteiger partial charge in [-0.25, -0.2) is 4.98 Å². The van der Waals surface area contributed by atoms with Crippen molar-refractivity contribution in [1.29, 1.82) is 0 Å². The summed E-state index contributed by atoms with van der Waals surface area (Å²) < 4.78 is 0. The van der Waals surface area contributed by atoms with Crippen molar-refractivity contribution in [3.8, 4) is 11.4 Å². The quantitative estimate of drug-likeness (QED) is 0.599. The normalized spacial score (nSPS) is 18.1. The number of H-pyrrole nitrogens is 1. The van der Waals surface area contributed by atoms with Crippen LogP contribution in [-0.2, 0) is 4.79 Å². The molecule has 0 aliphatic heterocycles. The molecule has 0 atom stereocenters. The summed E-state index contributed by atoms with van der Waals surface area (Å²) in [6.07, 6.45) is 8.08. The lowest BCUT2D eigenvalue weighted by molar-refractivity contribution is -0.116. The number of hydrogen-bond donors (Lipinski definition) is 2. The van der Waals surface area contributed by atoms with Crippen molar-refractivity contribution in [3.05, 3.63) is 63.3 Å². The third-order valence-electron chi connectivity index (χ3n) is 5.92. The van der Waals surface area contributed by atoms with Crippen LogP contribution >= 0.6 is 0 Å². The second-order valence-corrected chi connectivity index (χ2v) is 7.82. The molecule has 6 nitrogen and oxygen atoms in total. The lowest BCUT2D eigenvalue weighted by Gasteiger charge is -2.24. The summed E-state index contributed by atoms with van der Waals surface area (Å²) in [6, 6.07) is 7.91. The Balaban J connectivity index is 1.70. The van der Waals surface area contributed by atoms with E-state index in [2.05, 4.69) is 16.0 Å².